The molecule has 0 N–H and O–H groups in total. The van der Waals surface area contributed by atoms with Crippen molar-refractivity contribution in [3.63, 3.8) is 0 Å². The third-order valence-corrected chi connectivity index (χ3v) is 3.30. The minimum absolute atomic E-state index is 0.213. The van der Waals surface area contributed by atoms with E-state index < -0.39 is 0 Å². The van der Waals surface area contributed by atoms with Gasteiger partial charge in [-0.1, -0.05) is 11.6 Å². The van der Waals surface area contributed by atoms with Crippen LogP contribution in [0.25, 0.3) is 22.6 Å². The molecule has 0 fully saturated rings. The molecule has 0 amide bonds. The van der Waals surface area contributed by atoms with Gasteiger partial charge in [-0.3, -0.25) is 4.57 Å². The Bertz CT molecular complexity index is 812. The largest absolute Gasteiger partial charge is 0.295 e. The smallest absolute Gasteiger partial charge is 0.161 e. The van der Waals surface area contributed by atoms with E-state index in [4.69, 9.17) is 16.9 Å². The maximum atomic E-state index is 9.02. The molecule has 1 aromatic carbocycles. The third kappa shape index (κ3) is 2.13. The van der Waals surface area contributed by atoms with Crippen LogP contribution in [-0.2, 0) is 6.54 Å². The molecule has 98 valence electrons. The van der Waals surface area contributed by atoms with Gasteiger partial charge < -0.3 is 0 Å². The molecule has 3 rings (SSSR count). The first-order valence-electron chi connectivity index (χ1n) is 6.15. The molecule has 2 heterocycles. The molecule has 0 saturated heterocycles. The average molecular weight is 283 g/mol. The quantitative estimate of drug-likeness (QED) is 0.722. The Balaban J connectivity index is 2.26. The van der Waals surface area contributed by atoms with Crippen LogP contribution < -0.4 is 0 Å². The van der Waals surface area contributed by atoms with Crippen molar-refractivity contribution in [1.82, 2.24) is 14.5 Å². The van der Waals surface area contributed by atoms with Gasteiger partial charge in [-0.15, -0.1) is 0 Å². The van der Waals surface area contributed by atoms with Crippen LogP contribution in [0.15, 0.2) is 36.5 Å². The van der Waals surface area contributed by atoms with Gasteiger partial charge in [0.25, 0.3) is 0 Å². The van der Waals surface area contributed by atoms with Crippen molar-refractivity contribution < 1.29 is 0 Å². The second-order valence-electron chi connectivity index (χ2n) is 4.54. The summed E-state index contributed by atoms with van der Waals surface area (Å²) < 4.78 is 1.82. The molecule has 4 nitrogen and oxygen atoms in total. The van der Waals surface area contributed by atoms with Gasteiger partial charge in [0.1, 0.15) is 17.9 Å². The van der Waals surface area contributed by atoms with E-state index >= 15 is 0 Å². The maximum Gasteiger partial charge on any atom is 0.161 e. The number of aryl methyl sites for hydroxylation is 1. The van der Waals surface area contributed by atoms with Crippen LogP contribution in [0.3, 0.4) is 0 Å². The lowest BCUT2D eigenvalue weighted by molar-refractivity contribution is 0.858. The molecule has 0 aliphatic rings. The van der Waals surface area contributed by atoms with Gasteiger partial charge in [0.2, 0.25) is 0 Å². The van der Waals surface area contributed by atoms with Crippen LogP contribution in [0.1, 0.15) is 5.56 Å². The van der Waals surface area contributed by atoms with E-state index in [1.807, 2.05) is 41.8 Å². The Labute approximate surface area is 121 Å². The summed E-state index contributed by atoms with van der Waals surface area (Å²) in [5.74, 6) is 0.733. The van der Waals surface area contributed by atoms with Crippen molar-refractivity contribution in [2.24, 2.45) is 0 Å². The van der Waals surface area contributed by atoms with Crippen molar-refractivity contribution in [1.29, 1.82) is 5.26 Å². The van der Waals surface area contributed by atoms with Gasteiger partial charge in [-0.25, -0.2) is 9.97 Å². The summed E-state index contributed by atoms with van der Waals surface area (Å²) in [5.41, 5.74) is 3.48. The van der Waals surface area contributed by atoms with Crippen LogP contribution >= 0.6 is 11.6 Å². The molecule has 0 spiro atoms. The number of imidazole rings is 1. The number of benzene rings is 1. The molecule has 20 heavy (non-hydrogen) atoms. The minimum Gasteiger partial charge on any atom is -0.295 e. The van der Waals surface area contributed by atoms with Crippen molar-refractivity contribution >= 4 is 22.8 Å². The summed E-state index contributed by atoms with van der Waals surface area (Å²) >= 11 is 5.91. The van der Waals surface area contributed by atoms with Gasteiger partial charge >= 0.3 is 0 Å². The van der Waals surface area contributed by atoms with E-state index in [2.05, 4.69) is 16.0 Å². The number of rotatable bonds is 2. The summed E-state index contributed by atoms with van der Waals surface area (Å²) in [6.07, 6.45) is 1.78. The number of aromatic nitrogens is 3. The molecule has 2 aromatic heterocycles. The minimum atomic E-state index is 0.213. The highest BCUT2D eigenvalue weighted by Crippen LogP contribution is 2.25. The number of hydrogen-bond donors (Lipinski definition) is 0. The number of nitriles is 1. The molecule has 0 unspecified atom stereocenters. The van der Waals surface area contributed by atoms with Crippen molar-refractivity contribution in [2.45, 2.75) is 13.5 Å². The van der Waals surface area contributed by atoms with E-state index in [0.717, 1.165) is 28.1 Å². The van der Waals surface area contributed by atoms with Crippen LogP contribution in [0, 0.1) is 18.3 Å². The highest BCUT2D eigenvalue weighted by Gasteiger charge is 2.13. The van der Waals surface area contributed by atoms with Crippen molar-refractivity contribution in [3.8, 4) is 17.5 Å². The van der Waals surface area contributed by atoms with Gasteiger partial charge in [0.15, 0.2) is 5.65 Å². The molecule has 5 heteroatoms. The lowest BCUT2D eigenvalue weighted by Gasteiger charge is -2.04. The predicted molar refractivity (Wildman–Crippen MR) is 78.3 cm³/mol. The number of pyridine rings is 1. The standard InChI is InChI=1S/C15H11ClN4/c1-10-8-13-15(18-9-10)20(7-6-17)14(19-13)11-2-4-12(16)5-3-11/h2-5,8-9H,7H2,1H3. The van der Waals surface area contributed by atoms with E-state index in [9.17, 15) is 0 Å². The van der Waals surface area contributed by atoms with E-state index in [1.54, 1.807) is 6.20 Å². The van der Waals surface area contributed by atoms with Crippen LogP contribution in [0.4, 0.5) is 0 Å². The summed E-state index contributed by atoms with van der Waals surface area (Å²) in [5, 5.41) is 9.69. The summed E-state index contributed by atoms with van der Waals surface area (Å²) in [4.78, 5) is 8.98. The van der Waals surface area contributed by atoms with Crippen LogP contribution in [-0.4, -0.2) is 14.5 Å². The molecule has 0 aliphatic carbocycles. The van der Waals surface area contributed by atoms with Crippen LogP contribution in [0.2, 0.25) is 5.02 Å². The zero-order valence-corrected chi connectivity index (χ0v) is 11.6. The zero-order chi connectivity index (χ0) is 14.1. The predicted octanol–water partition coefficient (Wildman–Crippen LogP) is 3.58. The molecule has 0 radical (unpaired) electrons. The first kappa shape index (κ1) is 12.6. The number of halogens is 1. The fraction of sp³-hybridized carbons (Fsp3) is 0.133. The molecular weight excluding hydrogens is 272 g/mol. The monoisotopic (exact) mass is 282 g/mol. The molecular formula is C15H11ClN4. The summed E-state index contributed by atoms with van der Waals surface area (Å²) in [6.45, 7) is 2.18. The Morgan fingerprint density at radius 2 is 2.05 bits per heavy atom. The summed E-state index contributed by atoms with van der Waals surface area (Å²) in [6, 6.07) is 11.5. The lowest BCUT2D eigenvalue weighted by atomic mass is 10.2. The second-order valence-corrected chi connectivity index (χ2v) is 4.98. The number of hydrogen-bond acceptors (Lipinski definition) is 3. The van der Waals surface area contributed by atoms with Gasteiger partial charge in [-0.2, -0.15) is 5.26 Å². The number of nitrogens with zero attached hydrogens (tertiary/aromatic N) is 4. The average Bonchev–Trinajstić information content (AvgIpc) is 2.78. The van der Waals surface area contributed by atoms with Crippen molar-refractivity contribution in [2.75, 3.05) is 0 Å². The fourth-order valence-electron chi connectivity index (χ4n) is 2.15. The zero-order valence-electron chi connectivity index (χ0n) is 10.8. The molecule has 0 saturated carbocycles. The number of fused-ring (bicyclic) bond motifs is 1. The SMILES string of the molecule is Cc1cnc2c(c1)nc(-c1ccc(Cl)cc1)n2CC#N. The molecule has 0 atom stereocenters. The Kier molecular flexibility index (Phi) is 3.13. The Hall–Kier alpha value is -2.38. The molecule has 3 aromatic rings. The first-order chi connectivity index (χ1) is 9.69. The molecule has 0 bridgehead atoms. The normalized spacial score (nSPS) is 10.7. The maximum absolute atomic E-state index is 9.02. The van der Waals surface area contributed by atoms with Gasteiger partial charge in [-0.05, 0) is 42.8 Å². The van der Waals surface area contributed by atoms with Gasteiger partial charge in [0.05, 0.1) is 6.07 Å². The van der Waals surface area contributed by atoms with Crippen LogP contribution in [0.5, 0.6) is 0 Å². The van der Waals surface area contributed by atoms with Gasteiger partial charge in [0, 0.05) is 16.8 Å². The highest BCUT2D eigenvalue weighted by molar-refractivity contribution is 6.30. The fourth-order valence-corrected chi connectivity index (χ4v) is 2.28. The molecule has 0 aliphatic heterocycles. The Morgan fingerprint density at radius 1 is 1.30 bits per heavy atom. The van der Waals surface area contributed by atoms with E-state index in [-0.39, 0.29) is 6.54 Å². The Morgan fingerprint density at radius 3 is 2.75 bits per heavy atom. The van der Waals surface area contributed by atoms with E-state index in [0.29, 0.717) is 5.02 Å². The lowest BCUT2D eigenvalue weighted by Crippen LogP contribution is -1.99. The second kappa shape index (κ2) is 4.95. The van der Waals surface area contributed by atoms with E-state index in [1.165, 1.54) is 0 Å². The highest BCUT2D eigenvalue weighted by atomic mass is 35.5. The van der Waals surface area contributed by atoms with Crippen molar-refractivity contribution in [3.05, 3.63) is 47.1 Å². The third-order valence-electron chi connectivity index (χ3n) is 3.05. The summed E-state index contributed by atoms with van der Waals surface area (Å²) in [7, 11) is 0. The topological polar surface area (TPSA) is 54.5 Å². The first-order valence-corrected chi connectivity index (χ1v) is 6.52.